The van der Waals surface area contributed by atoms with E-state index in [4.69, 9.17) is 4.74 Å². The standard InChI is InChI=1S/C15H27N7O2/c1-4-16-15(18-9-14(23)17-7-8-24-3)20-12-5-6-13-19-11(2)21-22(13)10-12/h12H,4-10H2,1-3H3,(H,17,23)(H2,16,18,20). The highest BCUT2D eigenvalue weighted by molar-refractivity contribution is 5.85. The number of fused-ring (bicyclic) bond motifs is 1. The smallest absolute Gasteiger partial charge is 0.241 e. The molecule has 2 rings (SSSR count). The van der Waals surface area contributed by atoms with Crippen molar-refractivity contribution < 1.29 is 9.53 Å². The summed E-state index contributed by atoms with van der Waals surface area (Å²) in [5, 5.41) is 13.7. The van der Waals surface area contributed by atoms with Crippen molar-refractivity contribution in [2.45, 2.75) is 39.3 Å². The molecular formula is C15H27N7O2. The second kappa shape index (κ2) is 9.21. The van der Waals surface area contributed by atoms with E-state index in [9.17, 15) is 4.79 Å². The monoisotopic (exact) mass is 337 g/mol. The quantitative estimate of drug-likeness (QED) is 0.342. The number of aliphatic imine (C=N–C) groups is 1. The van der Waals surface area contributed by atoms with Crippen LogP contribution in [0.2, 0.25) is 0 Å². The van der Waals surface area contributed by atoms with Crippen LogP contribution in [0.3, 0.4) is 0 Å². The molecule has 1 aliphatic rings. The first-order valence-corrected chi connectivity index (χ1v) is 8.33. The molecule has 0 radical (unpaired) electrons. The summed E-state index contributed by atoms with van der Waals surface area (Å²) in [6, 6.07) is 0.216. The van der Waals surface area contributed by atoms with Gasteiger partial charge in [-0.05, 0) is 20.3 Å². The Bertz CT molecular complexity index is 570. The Morgan fingerprint density at radius 3 is 3.04 bits per heavy atom. The molecule has 1 aromatic heterocycles. The molecule has 9 heteroatoms. The van der Waals surface area contributed by atoms with Gasteiger partial charge in [-0.15, -0.1) is 0 Å². The number of amides is 1. The molecule has 1 unspecified atom stereocenters. The third-order valence-corrected chi connectivity index (χ3v) is 3.66. The lowest BCUT2D eigenvalue weighted by Crippen LogP contribution is -2.47. The summed E-state index contributed by atoms with van der Waals surface area (Å²) >= 11 is 0. The van der Waals surface area contributed by atoms with Crippen LogP contribution in [0.1, 0.15) is 25.0 Å². The van der Waals surface area contributed by atoms with Crippen LogP contribution in [0.4, 0.5) is 0 Å². The Labute approximate surface area is 142 Å². The number of methoxy groups -OCH3 is 1. The van der Waals surface area contributed by atoms with Gasteiger partial charge in [-0.25, -0.2) is 14.7 Å². The zero-order chi connectivity index (χ0) is 17.4. The predicted octanol–water partition coefficient (Wildman–Crippen LogP) is -0.781. The zero-order valence-corrected chi connectivity index (χ0v) is 14.6. The van der Waals surface area contributed by atoms with Crippen molar-refractivity contribution in [2.75, 3.05) is 33.4 Å². The Kier molecular flexibility index (Phi) is 6.98. The van der Waals surface area contributed by atoms with Crippen molar-refractivity contribution in [2.24, 2.45) is 4.99 Å². The number of ether oxygens (including phenoxy) is 1. The van der Waals surface area contributed by atoms with Gasteiger partial charge in [0.05, 0.1) is 13.2 Å². The van der Waals surface area contributed by atoms with E-state index in [1.807, 2.05) is 18.5 Å². The number of aryl methyl sites for hydroxylation is 2. The van der Waals surface area contributed by atoms with Crippen molar-refractivity contribution in [3.63, 3.8) is 0 Å². The summed E-state index contributed by atoms with van der Waals surface area (Å²) < 4.78 is 6.84. The van der Waals surface area contributed by atoms with Crippen molar-refractivity contribution in [1.29, 1.82) is 0 Å². The second-order valence-corrected chi connectivity index (χ2v) is 5.68. The van der Waals surface area contributed by atoms with Crippen molar-refractivity contribution in [3.05, 3.63) is 11.6 Å². The van der Waals surface area contributed by atoms with E-state index < -0.39 is 0 Å². The third kappa shape index (κ3) is 5.48. The van der Waals surface area contributed by atoms with Crippen LogP contribution in [-0.2, 0) is 22.5 Å². The van der Waals surface area contributed by atoms with Gasteiger partial charge < -0.3 is 20.7 Å². The first-order valence-electron chi connectivity index (χ1n) is 8.33. The Hall–Kier alpha value is -2.16. The van der Waals surface area contributed by atoms with Gasteiger partial charge in [0.1, 0.15) is 18.2 Å². The molecule has 9 nitrogen and oxygen atoms in total. The summed E-state index contributed by atoms with van der Waals surface area (Å²) in [7, 11) is 1.60. The van der Waals surface area contributed by atoms with Crippen molar-refractivity contribution in [1.82, 2.24) is 30.7 Å². The molecule has 24 heavy (non-hydrogen) atoms. The fourth-order valence-electron chi connectivity index (χ4n) is 2.56. The number of guanidine groups is 1. The summed E-state index contributed by atoms with van der Waals surface area (Å²) in [6.07, 6.45) is 1.85. The highest BCUT2D eigenvalue weighted by Gasteiger charge is 2.21. The lowest BCUT2D eigenvalue weighted by Gasteiger charge is -2.25. The van der Waals surface area contributed by atoms with E-state index in [-0.39, 0.29) is 18.5 Å². The van der Waals surface area contributed by atoms with Gasteiger partial charge in [0.15, 0.2) is 5.96 Å². The van der Waals surface area contributed by atoms with Gasteiger partial charge in [-0.1, -0.05) is 0 Å². The molecule has 3 N–H and O–H groups in total. The van der Waals surface area contributed by atoms with Gasteiger partial charge in [-0.2, -0.15) is 5.10 Å². The molecule has 2 heterocycles. The van der Waals surface area contributed by atoms with Crippen LogP contribution < -0.4 is 16.0 Å². The molecule has 1 aromatic rings. The van der Waals surface area contributed by atoms with Crippen molar-refractivity contribution in [3.8, 4) is 0 Å². The van der Waals surface area contributed by atoms with Crippen LogP contribution in [0.15, 0.2) is 4.99 Å². The van der Waals surface area contributed by atoms with Gasteiger partial charge in [0, 0.05) is 32.7 Å². The predicted molar refractivity (Wildman–Crippen MR) is 90.9 cm³/mol. The van der Waals surface area contributed by atoms with E-state index in [0.717, 1.165) is 37.6 Å². The Morgan fingerprint density at radius 2 is 2.29 bits per heavy atom. The Morgan fingerprint density at radius 1 is 1.46 bits per heavy atom. The first kappa shape index (κ1) is 18.2. The Balaban J connectivity index is 1.86. The molecule has 0 fully saturated rings. The summed E-state index contributed by atoms with van der Waals surface area (Å²) in [4.78, 5) is 20.5. The lowest BCUT2D eigenvalue weighted by atomic mass is 10.1. The normalized spacial score (nSPS) is 17.3. The molecule has 134 valence electrons. The van der Waals surface area contributed by atoms with Crippen molar-refractivity contribution >= 4 is 11.9 Å². The zero-order valence-electron chi connectivity index (χ0n) is 14.6. The largest absolute Gasteiger partial charge is 0.383 e. The topological polar surface area (TPSA) is 105 Å². The molecule has 0 aromatic carbocycles. The van der Waals surface area contributed by atoms with Gasteiger partial charge >= 0.3 is 0 Å². The molecule has 0 spiro atoms. The molecule has 0 bridgehead atoms. The SMILES string of the molecule is CCNC(=NCC(=O)NCCOC)NC1CCc2nc(C)nn2C1. The maximum atomic E-state index is 11.7. The number of hydrogen-bond acceptors (Lipinski definition) is 5. The summed E-state index contributed by atoms with van der Waals surface area (Å²) in [5.74, 6) is 2.36. The van der Waals surface area contributed by atoms with E-state index in [1.54, 1.807) is 7.11 Å². The molecule has 1 amide bonds. The van der Waals surface area contributed by atoms with E-state index in [1.165, 1.54) is 0 Å². The highest BCUT2D eigenvalue weighted by atomic mass is 16.5. The van der Waals surface area contributed by atoms with Crippen LogP contribution in [0.25, 0.3) is 0 Å². The van der Waals surface area contributed by atoms with Gasteiger partial charge in [0.2, 0.25) is 5.91 Å². The summed E-state index contributed by atoms with van der Waals surface area (Å²) in [5.41, 5.74) is 0. The number of rotatable bonds is 7. The molecule has 1 atom stereocenters. The first-order chi connectivity index (χ1) is 11.6. The average molecular weight is 337 g/mol. The van der Waals surface area contributed by atoms with Gasteiger partial charge in [-0.3, -0.25) is 4.79 Å². The number of carbonyl (C=O) groups is 1. The fourth-order valence-corrected chi connectivity index (χ4v) is 2.56. The van der Waals surface area contributed by atoms with Gasteiger partial charge in [0.25, 0.3) is 0 Å². The van der Waals surface area contributed by atoms with Crippen LogP contribution in [0, 0.1) is 6.92 Å². The number of nitrogens with one attached hydrogen (secondary N) is 3. The van der Waals surface area contributed by atoms with E-state index >= 15 is 0 Å². The maximum Gasteiger partial charge on any atom is 0.241 e. The highest BCUT2D eigenvalue weighted by Crippen LogP contribution is 2.12. The molecule has 1 aliphatic heterocycles. The third-order valence-electron chi connectivity index (χ3n) is 3.66. The average Bonchev–Trinajstić information content (AvgIpc) is 2.92. The number of nitrogens with zero attached hydrogens (tertiary/aromatic N) is 4. The molecule has 0 aliphatic carbocycles. The number of carbonyl (C=O) groups excluding carboxylic acids is 1. The minimum atomic E-state index is -0.123. The van der Waals surface area contributed by atoms with E-state index in [0.29, 0.717) is 19.1 Å². The van der Waals surface area contributed by atoms with Crippen LogP contribution in [-0.4, -0.2) is 66.0 Å². The number of aromatic nitrogens is 3. The maximum absolute atomic E-state index is 11.7. The minimum absolute atomic E-state index is 0.0828. The second-order valence-electron chi connectivity index (χ2n) is 5.68. The lowest BCUT2D eigenvalue weighted by molar-refractivity contribution is -0.119. The van der Waals surface area contributed by atoms with E-state index in [2.05, 4.69) is 31.0 Å². The van der Waals surface area contributed by atoms with Crippen LogP contribution in [0.5, 0.6) is 0 Å². The number of hydrogen-bond donors (Lipinski definition) is 3. The fraction of sp³-hybridized carbons (Fsp3) is 0.733. The molecule has 0 saturated heterocycles. The minimum Gasteiger partial charge on any atom is -0.383 e. The van der Waals surface area contributed by atoms with Crippen LogP contribution >= 0.6 is 0 Å². The molecular weight excluding hydrogens is 310 g/mol. The molecule has 0 saturated carbocycles. The summed E-state index contributed by atoms with van der Waals surface area (Å²) in [6.45, 7) is 6.45.